The van der Waals surface area contributed by atoms with Gasteiger partial charge < -0.3 is 4.74 Å². The predicted octanol–water partition coefficient (Wildman–Crippen LogP) is 0.428. The second kappa shape index (κ2) is 5.34. The number of H-pyrrole nitrogens is 1. The highest BCUT2D eigenvalue weighted by atomic mass is 16.5. The van der Waals surface area contributed by atoms with Gasteiger partial charge in [0.2, 0.25) is 0 Å². The van der Waals surface area contributed by atoms with Crippen LogP contribution in [0.3, 0.4) is 0 Å². The van der Waals surface area contributed by atoms with E-state index in [1.165, 1.54) is 7.11 Å². The standard InChI is InChI=1S/C13H12N2O4/c1-19-10-4-2-9(3-5-10)11(16)8-15-13(18)7-6-12(17)14-15/h2-7H,8H2,1H3,(H,14,17). The third kappa shape index (κ3) is 2.98. The molecule has 0 aliphatic heterocycles. The number of ether oxygens (including phenoxy) is 1. The molecule has 19 heavy (non-hydrogen) atoms. The average molecular weight is 260 g/mol. The molecule has 6 nitrogen and oxygen atoms in total. The number of Topliss-reactive ketones (excluding diaryl/α,β-unsaturated/α-hetero) is 1. The first-order valence-electron chi connectivity index (χ1n) is 5.57. The van der Waals surface area contributed by atoms with Crippen LogP contribution < -0.4 is 15.9 Å². The van der Waals surface area contributed by atoms with Crippen LogP contribution in [-0.2, 0) is 6.54 Å². The maximum Gasteiger partial charge on any atom is 0.265 e. The summed E-state index contributed by atoms with van der Waals surface area (Å²) in [5.74, 6) is 0.369. The Morgan fingerprint density at radius 2 is 1.84 bits per heavy atom. The zero-order valence-electron chi connectivity index (χ0n) is 10.3. The van der Waals surface area contributed by atoms with Crippen LogP contribution in [0.5, 0.6) is 5.75 Å². The van der Waals surface area contributed by atoms with Crippen LogP contribution in [0.4, 0.5) is 0 Å². The van der Waals surface area contributed by atoms with Crippen molar-refractivity contribution in [3.63, 3.8) is 0 Å². The Morgan fingerprint density at radius 3 is 2.47 bits per heavy atom. The second-order valence-corrected chi connectivity index (χ2v) is 3.89. The number of aromatic nitrogens is 2. The molecule has 0 fully saturated rings. The lowest BCUT2D eigenvalue weighted by Gasteiger charge is -2.05. The predicted molar refractivity (Wildman–Crippen MR) is 68.6 cm³/mol. The minimum Gasteiger partial charge on any atom is -0.497 e. The second-order valence-electron chi connectivity index (χ2n) is 3.89. The van der Waals surface area contributed by atoms with Crippen LogP contribution in [0.1, 0.15) is 10.4 Å². The highest BCUT2D eigenvalue weighted by molar-refractivity contribution is 5.95. The zero-order valence-corrected chi connectivity index (χ0v) is 10.3. The van der Waals surface area contributed by atoms with Crippen molar-refractivity contribution in [2.45, 2.75) is 6.54 Å². The van der Waals surface area contributed by atoms with E-state index >= 15 is 0 Å². The Morgan fingerprint density at radius 1 is 1.16 bits per heavy atom. The molecule has 1 aromatic carbocycles. The summed E-state index contributed by atoms with van der Waals surface area (Å²) in [6, 6.07) is 8.77. The number of carbonyl (C=O) groups excluding carboxylic acids is 1. The van der Waals surface area contributed by atoms with E-state index in [2.05, 4.69) is 5.10 Å². The van der Waals surface area contributed by atoms with Gasteiger partial charge in [0.15, 0.2) is 5.78 Å². The molecule has 6 heteroatoms. The van der Waals surface area contributed by atoms with E-state index in [-0.39, 0.29) is 12.3 Å². The zero-order chi connectivity index (χ0) is 13.8. The van der Waals surface area contributed by atoms with Crippen molar-refractivity contribution in [2.24, 2.45) is 0 Å². The van der Waals surface area contributed by atoms with E-state index in [1.807, 2.05) is 0 Å². The van der Waals surface area contributed by atoms with Crippen LogP contribution in [0.2, 0.25) is 0 Å². The number of benzene rings is 1. The lowest BCUT2D eigenvalue weighted by atomic mass is 10.1. The Bertz CT molecular complexity index is 698. The van der Waals surface area contributed by atoms with Crippen molar-refractivity contribution in [2.75, 3.05) is 7.11 Å². The van der Waals surface area contributed by atoms with Crippen molar-refractivity contribution >= 4 is 5.78 Å². The van der Waals surface area contributed by atoms with Gasteiger partial charge >= 0.3 is 0 Å². The highest BCUT2D eigenvalue weighted by Gasteiger charge is 2.08. The topological polar surface area (TPSA) is 81.2 Å². The van der Waals surface area contributed by atoms with E-state index < -0.39 is 11.1 Å². The molecule has 0 amide bonds. The molecule has 2 rings (SSSR count). The molecule has 0 aliphatic carbocycles. The molecule has 2 aromatic rings. The maximum absolute atomic E-state index is 12.0. The van der Waals surface area contributed by atoms with Crippen LogP contribution >= 0.6 is 0 Å². The quantitative estimate of drug-likeness (QED) is 0.808. The van der Waals surface area contributed by atoms with E-state index in [1.54, 1.807) is 24.3 Å². The lowest BCUT2D eigenvalue weighted by Crippen LogP contribution is -2.30. The van der Waals surface area contributed by atoms with Gasteiger partial charge in [0.25, 0.3) is 11.1 Å². The maximum atomic E-state index is 12.0. The number of nitrogens with one attached hydrogen (secondary N) is 1. The largest absolute Gasteiger partial charge is 0.497 e. The van der Waals surface area contributed by atoms with Gasteiger partial charge in [-0.1, -0.05) is 0 Å². The number of ketones is 1. The lowest BCUT2D eigenvalue weighted by molar-refractivity contribution is 0.0965. The molecular weight excluding hydrogens is 248 g/mol. The third-order valence-electron chi connectivity index (χ3n) is 2.60. The molecular formula is C13H12N2O4. The van der Waals surface area contributed by atoms with Crippen molar-refractivity contribution in [3.8, 4) is 5.75 Å². The molecule has 0 spiro atoms. The molecule has 98 valence electrons. The molecule has 0 saturated carbocycles. The minimum atomic E-state index is -0.429. The van der Waals surface area contributed by atoms with Crippen LogP contribution in [0, 0.1) is 0 Å². The normalized spacial score (nSPS) is 10.2. The summed E-state index contributed by atoms with van der Waals surface area (Å²) >= 11 is 0. The van der Waals surface area contributed by atoms with Crippen LogP contribution in [-0.4, -0.2) is 22.7 Å². The Labute approximate surface area is 108 Å². The van der Waals surface area contributed by atoms with Gasteiger partial charge in [-0.05, 0) is 24.3 Å². The van der Waals surface area contributed by atoms with Crippen molar-refractivity contribution in [1.29, 1.82) is 0 Å². The third-order valence-corrected chi connectivity index (χ3v) is 2.60. The minimum absolute atomic E-state index is 0.207. The summed E-state index contributed by atoms with van der Waals surface area (Å²) in [7, 11) is 1.53. The SMILES string of the molecule is COc1ccc(C(=O)Cn2[nH]c(=O)ccc2=O)cc1. The summed E-state index contributed by atoms with van der Waals surface area (Å²) < 4.78 is 5.97. The van der Waals surface area contributed by atoms with Gasteiger partial charge in [-0.2, -0.15) is 0 Å². The van der Waals surface area contributed by atoms with E-state index in [9.17, 15) is 14.4 Å². The Balaban J connectivity index is 2.22. The first kappa shape index (κ1) is 12.8. The smallest absolute Gasteiger partial charge is 0.265 e. The average Bonchev–Trinajstić information content (AvgIpc) is 2.43. The van der Waals surface area contributed by atoms with E-state index in [0.29, 0.717) is 11.3 Å². The van der Waals surface area contributed by atoms with Gasteiger partial charge in [0.1, 0.15) is 12.3 Å². The molecule has 1 heterocycles. The van der Waals surface area contributed by atoms with Gasteiger partial charge in [-0.15, -0.1) is 0 Å². The van der Waals surface area contributed by atoms with Crippen LogP contribution in [0.25, 0.3) is 0 Å². The number of rotatable bonds is 4. The number of aromatic amines is 1. The fourth-order valence-corrected chi connectivity index (χ4v) is 1.59. The van der Waals surface area contributed by atoms with Crippen molar-refractivity contribution in [1.82, 2.24) is 9.78 Å². The monoisotopic (exact) mass is 260 g/mol. The van der Waals surface area contributed by atoms with Gasteiger partial charge in [-0.3, -0.25) is 19.5 Å². The molecule has 0 bridgehead atoms. The summed E-state index contributed by atoms with van der Waals surface area (Å²) in [5.41, 5.74) is -0.416. The number of hydrogen-bond acceptors (Lipinski definition) is 4. The number of nitrogens with zero attached hydrogens (tertiary/aromatic N) is 1. The number of carbonyl (C=O) groups is 1. The number of hydrogen-bond donors (Lipinski definition) is 1. The van der Waals surface area contributed by atoms with E-state index in [4.69, 9.17) is 4.74 Å². The fourth-order valence-electron chi connectivity index (χ4n) is 1.59. The summed E-state index contributed by atoms with van der Waals surface area (Å²) in [4.78, 5) is 34.5. The Kier molecular flexibility index (Phi) is 3.61. The molecule has 1 aromatic heterocycles. The molecule has 0 radical (unpaired) electrons. The summed E-state index contributed by atoms with van der Waals surface area (Å²) in [6.07, 6.45) is 0. The molecule has 0 saturated heterocycles. The van der Waals surface area contributed by atoms with Gasteiger partial charge in [-0.25, -0.2) is 4.68 Å². The molecule has 0 aliphatic rings. The molecule has 0 atom stereocenters. The first-order chi connectivity index (χ1) is 9.10. The number of methoxy groups -OCH3 is 1. The van der Waals surface area contributed by atoms with Gasteiger partial charge in [0.05, 0.1) is 7.11 Å². The highest BCUT2D eigenvalue weighted by Crippen LogP contribution is 2.11. The van der Waals surface area contributed by atoms with Crippen LogP contribution in [0.15, 0.2) is 46.0 Å². The first-order valence-corrected chi connectivity index (χ1v) is 5.57. The molecule has 1 N–H and O–H groups in total. The fraction of sp³-hybridized carbons (Fsp3) is 0.154. The van der Waals surface area contributed by atoms with Crippen molar-refractivity contribution in [3.05, 3.63) is 62.7 Å². The Hall–Kier alpha value is -2.63. The van der Waals surface area contributed by atoms with Gasteiger partial charge in [0, 0.05) is 17.7 Å². The van der Waals surface area contributed by atoms with E-state index in [0.717, 1.165) is 16.8 Å². The molecule has 0 unspecified atom stereocenters. The summed E-state index contributed by atoms with van der Waals surface area (Å²) in [6.45, 7) is -0.207. The van der Waals surface area contributed by atoms with Crippen molar-refractivity contribution < 1.29 is 9.53 Å². The summed E-state index contributed by atoms with van der Waals surface area (Å²) in [5, 5.41) is 2.30.